The fraction of sp³-hybridized carbons (Fsp3) is 0.250. The first-order chi connectivity index (χ1) is 11.7. The average Bonchev–Trinajstić information content (AvgIpc) is 2.79. The number of aromatic nitrogens is 2. The maximum atomic E-state index is 6.09. The second kappa shape index (κ2) is 7.94. The maximum absolute atomic E-state index is 6.09. The normalized spacial score (nSPS) is 13.7. The maximum Gasteiger partial charge on any atom is 0.262 e. The highest BCUT2D eigenvalue weighted by Gasteiger charge is 2.26. The molecule has 1 aliphatic heterocycles. The quantitative estimate of drug-likeness (QED) is 0.544. The lowest BCUT2D eigenvalue weighted by Gasteiger charge is -2.06. The largest absolute Gasteiger partial charge is 1.00 e. The molecule has 2 heterocycles. The van der Waals surface area contributed by atoms with E-state index in [0.717, 1.165) is 28.7 Å². The number of fused-ring (bicyclic) bond motifs is 1. The zero-order valence-corrected chi connectivity index (χ0v) is 16.9. The number of halogens is 3. The van der Waals surface area contributed by atoms with Crippen molar-refractivity contribution in [3.05, 3.63) is 70.6 Å². The van der Waals surface area contributed by atoms with E-state index < -0.39 is 0 Å². The summed E-state index contributed by atoms with van der Waals surface area (Å²) in [4.78, 5) is 0. The Kier molecular flexibility index (Phi) is 5.88. The third-order valence-electron chi connectivity index (χ3n) is 4.63. The Bertz CT molecular complexity index is 855. The van der Waals surface area contributed by atoms with Gasteiger partial charge >= 0.3 is 0 Å². The topological polar surface area (TPSA) is 8.81 Å². The number of hydrogen-bond acceptors (Lipinski definition) is 0. The number of hydrogen-bond donors (Lipinski definition) is 0. The number of aryl methyl sites for hydroxylation is 1. The molecule has 0 aliphatic carbocycles. The fourth-order valence-corrected chi connectivity index (χ4v) is 3.69. The molecule has 130 valence electrons. The molecule has 0 N–H and O–H groups in total. The zero-order chi connectivity index (χ0) is 16.5. The van der Waals surface area contributed by atoms with E-state index in [1.54, 1.807) is 0 Å². The SMILES string of the molecule is Clc1ccc(-c2c[n+]3c(n2-c2ccc(Cl)cc2)CCCCC3)cc1.[Br-]. The average molecular weight is 438 g/mol. The van der Waals surface area contributed by atoms with E-state index in [2.05, 4.69) is 39.6 Å². The Morgan fingerprint density at radius 3 is 2.12 bits per heavy atom. The van der Waals surface area contributed by atoms with Gasteiger partial charge in [0.2, 0.25) is 0 Å². The van der Waals surface area contributed by atoms with Gasteiger partial charge in [-0.1, -0.05) is 23.2 Å². The van der Waals surface area contributed by atoms with Gasteiger partial charge in [-0.15, -0.1) is 0 Å². The second-order valence-corrected chi connectivity index (χ2v) is 7.13. The van der Waals surface area contributed by atoms with Crippen LogP contribution in [0.25, 0.3) is 16.9 Å². The van der Waals surface area contributed by atoms with Crippen LogP contribution in [-0.2, 0) is 13.0 Å². The summed E-state index contributed by atoms with van der Waals surface area (Å²) in [6, 6.07) is 16.2. The molecule has 0 saturated heterocycles. The third-order valence-corrected chi connectivity index (χ3v) is 5.14. The van der Waals surface area contributed by atoms with Crippen LogP contribution in [0.15, 0.2) is 54.7 Å². The van der Waals surface area contributed by atoms with Crippen LogP contribution in [-0.4, -0.2) is 4.57 Å². The minimum absolute atomic E-state index is 0. The molecular weight excluding hydrogens is 419 g/mol. The molecule has 0 spiro atoms. The number of nitrogens with zero attached hydrogens (tertiary/aromatic N) is 2. The molecule has 0 unspecified atom stereocenters. The van der Waals surface area contributed by atoms with Gasteiger partial charge in [-0.05, 0) is 67.8 Å². The molecule has 5 heteroatoms. The van der Waals surface area contributed by atoms with Gasteiger partial charge < -0.3 is 17.0 Å². The predicted molar refractivity (Wildman–Crippen MR) is 99.0 cm³/mol. The van der Waals surface area contributed by atoms with Crippen LogP contribution in [0.4, 0.5) is 0 Å². The Labute approximate surface area is 168 Å². The molecule has 1 aliphatic rings. The molecule has 2 nitrogen and oxygen atoms in total. The minimum atomic E-state index is 0. The van der Waals surface area contributed by atoms with Gasteiger partial charge in [0.05, 0.1) is 6.54 Å². The number of rotatable bonds is 2. The molecule has 4 rings (SSSR count). The summed E-state index contributed by atoms with van der Waals surface area (Å²) in [5, 5.41) is 1.52. The summed E-state index contributed by atoms with van der Waals surface area (Å²) in [7, 11) is 0. The highest BCUT2D eigenvalue weighted by molar-refractivity contribution is 6.30. The smallest absolute Gasteiger partial charge is 0.262 e. The van der Waals surface area contributed by atoms with Crippen molar-refractivity contribution in [2.45, 2.75) is 32.2 Å². The summed E-state index contributed by atoms with van der Waals surface area (Å²) in [6.07, 6.45) is 7.13. The van der Waals surface area contributed by atoms with E-state index in [0.29, 0.717) is 0 Å². The van der Waals surface area contributed by atoms with Gasteiger partial charge in [-0.3, -0.25) is 0 Å². The minimum Gasteiger partial charge on any atom is -1.00 e. The Balaban J connectivity index is 0.00000182. The standard InChI is InChI=1S/C20H19Cl2N2.BrH/c21-16-7-5-15(6-8-16)19-14-23-13-3-1-2-4-20(23)24(19)18-11-9-17(22)10-12-18;/h5-12,14H,1-4,13H2;1H/q+1;/p-1. The molecule has 3 aromatic rings. The molecule has 1 aromatic heterocycles. The lowest BCUT2D eigenvalue weighted by Crippen LogP contribution is -3.00. The van der Waals surface area contributed by atoms with E-state index in [-0.39, 0.29) is 17.0 Å². The van der Waals surface area contributed by atoms with Crippen molar-refractivity contribution in [1.29, 1.82) is 0 Å². The van der Waals surface area contributed by atoms with Crippen molar-refractivity contribution in [2.24, 2.45) is 0 Å². The van der Waals surface area contributed by atoms with Crippen LogP contribution in [0.2, 0.25) is 10.0 Å². The van der Waals surface area contributed by atoms with Gasteiger partial charge in [0.15, 0.2) is 5.69 Å². The monoisotopic (exact) mass is 436 g/mol. The summed E-state index contributed by atoms with van der Waals surface area (Å²) >= 11 is 12.2. The molecule has 0 fully saturated rings. The summed E-state index contributed by atoms with van der Waals surface area (Å²) in [5.41, 5.74) is 3.53. The van der Waals surface area contributed by atoms with Crippen molar-refractivity contribution in [3.63, 3.8) is 0 Å². The van der Waals surface area contributed by atoms with Crippen LogP contribution in [0.1, 0.15) is 25.1 Å². The molecule has 0 atom stereocenters. The molecule has 25 heavy (non-hydrogen) atoms. The predicted octanol–water partition coefficient (Wildman–Crippen LogP) is 2.47. The number of imidazole rings is 1. The van der Waals surface area contributed by atoms with Crippen molar-refractivity contribution in [3.8, 4) is 16.9 Å². The van der Waals surface area contributed by atoms with Gasteiger partial charge in [-0.25, -0.2) is 4.57 Å². The van der Waals surface area contributed by atoms with Crippen molar-refractivity contribution >= 4 is 23.2 Å². The molecule has 0 saturated carbocycles. The first-order valence-electron chi connectivity index (χ1n) is 8.38. The van der Waals surface area contributed by atoms with E-state index in [9.17, 15) is 0 Å². The lowest BCUT2D eigenvalue weighted by molar-refractivity contribution is -0.702. The van der Waals surface area contributed by atoms with E-state index in [1.165, 1.54) is 36.3 Å². The first kappa shape index (κ1) is 18.5. The molecular formula is C20H19BrCl2N2. The van der Waals surface area contributed by atoms with Crippen LogP contribution in [0.3, 0.4) is 0 Å². The number of benzene rings is 2. The van der Waals surface area contributed by atoms with Crippen LogP contribution in [0, 0.1) is 0 Å². The van der Waals surface area contributed by atoms with Crippen LogP contribution in [0.5, 0.6) is 0 Å². The van der Waals surface area contributed by atoms with Gasteiger partial charge in [0.25, 0.3) is 5.82 Å². The molecule has 2 aromatic carbocycles. The second-order valence-electron chi connectivity index (χ2n) is 6.25. The van der Waals surface area contributed by atoms with Gasteiger partial charge in [0, 0.05) is 22.0 Å². The van der Waals surface area contributed by atoms with E-state index >= 15 is 0 Å². The highest BCUT2D eigenvalue weighted by atomic mass is 79.9. The molecule has 0 radical (unpaired) electrons. The molecule has 0 amide bonds. The highest BCUT2D eigenvalue weighted by Crippen LogP contribution is 2.28. The summed E-state index contributed by atoms with van der Waals surface area (Å²) in [5.74, 6) is 1.36. The van der Waals surface area contributed by atoms with Crippen molar-refractivity contribution in [2.75, 3.05) is 0 Å². The van der Waals surface area contributed by atoms with Crippen molar-refractivity contribution in [1.82, 2.24) is 4.57 Å². The Hall–Kier alpha value is -1.29. The Morgan fingerprint density at radius 1 is 0.800 bits per heavy atom. The van der Waals surface area contributed by atoms with E-state index in [1.807, 2.05) is 24.3 Å². The van der Waals surface area contributed by atoms with Gasteiger partial charge in [0.1, 0.15) is 11.9 Å². The molecule has 0 bridgehead atoms. The lowest BCUT2D eigenvalue weighted by atomic mass is 10.1. The fourth-order valence-electron chi connectivity index (χ4n) is 3.44. The van der Waals surface area contributed by atoms with E-state index in [4.69, 9.17) is 23.2 Å². The van der Waals surface area contributed by atoms with Gasteiger partial charge in [-0.2, -0.15) is 4.57 Å². The van der Waals surface area contributed by atoms with Crippen molar-refractivity contribution < 1.29 is 21.5 Å². The third kappa shape index (κ3) is 3.79. The first-order valence-corrected chi connectivity index (χ1v) is 9.14. The summed E-state index contributed by atoms with van der Waals surface area (Å²) in [6.45, 7) is 1.08. The zero-order valence-electron chi connectivity index (χ0n) is 13.8. The Morgan fingerprint density at radius 2 is 1.44 bits per heavy atom. The van der Waals surface area contributed by atoms with Crippen LogP contribution >= 0.6 is 23.2 Å². The van der Waals surface area contributed by atoms with Crippen LogP contribution < -0.4 is 21.5 Å². The summed E-state index contributed by atoms with van der Waals surface area (Å²) < 4.78 is 4.77.